The van der Waals surface area contributed by atoms with Crippen molar-refractivity contribution in [2.75, 3.05) is 14.2 Å². The molecule has 5 rings (SSSR count). The highest BCUT2D eigenvalue weighted by atomic mass is 19.4. The lowest BCUT2D eigenvalue weighted by Crippen LogP contribution is -2.07. The fourth-order valence-electron chi connectivity index (χ4n) is 4.32. The smallest absolute Gasteiger partial charge is 0.434 e. The third-order valence-electron chi connectivity index (χ3n) is 6.45. The van der Waals surface area contributed by atoms with E-state index >= 15 is 8.78 Å². The fourth-order valence-corrected chi connectivity index (χ4v) is 4.32. The summed E-state index contributed by atoms with van der Waals surface area (Å²) in [4.78, 5) is 20.8. The Hall–Kier alpha value is -4.36. The largest absolute Gasteiger partial charge is 0.490 e. The van der Waals surface area contributed by atoms with Gasteiger partial charge in [-0.3, -0.25) is 0 Å². The average molecular weight is 577 g/mol. The van der Waals surface area contributed by atoms with Crippen molar-refractivity contribution in [3.63, 3.8) is 0 Å². The standard InChI is InChI=1S/C27H25F5N6O3/c1-13(2)38-10-19(27(30,31)32)36-24(38)20-16(28)7-14(8-17(20)29)11-41-25-18(39-3)9-33-23(37-25)21-22(15-5-6-15)34-12-35-26(21)40-4/h7-10,12-13,15H,5-6,11H2,1-4H3. The zero-order valence-corrected chi connectivity index (χ0v) is 22.5. The van der Waals surface area contributed by atoms with E-state index in [4.69, 9.17) is 14.2 Å². The second kappa shape index (κ2) is 10.9. The number of aromatic nitrogens is 6. The lowest BCUT2D eigenvalue weighted by atomic mass is 10.1. The molecule has 14 heteroatoms. The van der Waals surface area contributed by atoms with Gasteiger partial charge in [-0.1, -0.05) is 0 Å². The fraction of sp³-hybridized carbons (Fsp3) is 0.370. The highest BCUT2D eigenvalue weighted by Gasteiger charge is 2.36. The van der Waals surface area contributed by atoms with E-state index in [0.29, 0.717) is 5.56 Å². The molecular formula is C27H25F5N6O3. The van der Waals surface area contributed by atoms with Crippen molar-refractivity contribution in [1.29, 1.82) is 0 Å². The van der Waals surface area contributed by atoms with Crippen LogP contribution < -0.4 is 14.2 Å². The van der Waals surface area contributed by atoms with Gasteiger partial charge in [-0.2, -0.15) is 18.2 Å². The Morgan fingerprint density at radius 1 is 0.951 bits per heavy atom. The zero-order chi connectivity index (χ0) is 29.5. The number of alkyl halides is 3. The summed E-state index contributed by atoms with van der Waals surface area (Å²) in [7, 11) is 2.85. The lowest BCUT2D eigenvalue weighted by molar-refractivity contribution is -0.140. The minimum atomic E-state index is -4.78. The summed E-state index contributed by atoms with van der Waals surface area (Å²) in [5.41, 5.74) is -0.622. The molecule has 9 nitrogen and oxygen atoms in total. The number of nitrogens with zero attached hydrogens (tertiary/aromatic N) is 6. The third-order valence-corrected chi connectivity index (χ3v) is 6.45. The Bertz CT molecular complexity index is 1560. The van der Waals surface area contributed by atoms with Gasteiger partial charge in [-0.25, -0.2) is 28.7 Å². The first-order chi connectivity index (χ1) is 19.5. The highest BCUT2D eigenvalue weighted by molar-refractivity contribution is 5.66. The Labute approximate surface area is 231 Å². The van der Waals surface area contributed by atoms with Crippen LogP contribution in [0.2, 0.25) is 0 Å². The van der Waals surface area contributed by atoms with E-state index in [1.165, 1.54) is 26.7 Å². The summed E-state index contributed by atoms with van der Waals surface area (Å²) in [5, 5.41) is 0. The summed E-state index contributed by atoms with van der Waals surface area (Å²) in [6.45, 7) is 2.82. The normalized spacial score (nSPS) is 13.5. The molecule has 0 unspecified atom stereocenters. The summed E-state index contributed by atoms with van der Waals surface area (Å²) in [5.74, 6) is -1.79. The van der Waals surface area contributed by atoms with Crippen LogP contribution in [0.15, 0.2) is 30.9 Å². The number of imidazole rings is 1. The number of benzene rings is 1. The van der Waals surface area contributed by atoms with Crippen LogP contribution in [-0.4, -0.2) is 43.7 Å². The van der Waals surface area contributed by atoms with Crippen molar-refractivity contribution in [2.24, 2.45) is 0 Å². The molecule has 3 aromatic heterocycles. The molecular weight excluding hydrogens is 551 g/mol. The van der Waals surface area contributed by atoms with Gasteiger partial charge in [0.05, 0.1) is 31.7 Å². The molecule has 0 aliphatic heterocycles. The van der Waals surface area contributed by atoms with Gasteiger partial charge in [0.25, 0.3) is 5.88 Å². The molecule has 1 fully saturated rings. The van der Waals surface area contributed by atoms with E-state index in [1.807, 2.05) is 0 Å². The van der Waals surface area contributed by atoms with Crippen molar-refractivity contribution in [2.45, 2.75) is 51.4 Å². The summed E-state index contributed by atoms with van der Waals surface area (Å²) in [6, 6.07) is 1.40. The van der Waals surface area contributed by atoms with Gasteiger partial charge in [-0.05, 0) is 44.4 Å². The van der Waals surface area contributed by atoms with Crippen LogP contribution in [0.25, 0.3) is 22.8 Å². The molecule has 0 bridgehead atoms. The van der Waals surface area contributed by atoms with E-state index in [0.717, 1.165) is 41.4 Å². The SMILES string of the molecule is COc1cnc(-c2c(OC)ncnc2C2CC2)nc1OCc1cc(F)c(-c2nc(C(F)(F)F)cn2C(C)C)c(F)c1. The van der Waals surface area contributed by atoms with Crippen molar-refractivity contribution in [3.8, 4) is 40.3 Å². The Kier molecular flexibility index (Phi) is 7.49. The number of ether oxygens (including phenoxy) is 3. The first-order valence-corrected chi connectivity index (χ1v) is 12.6. The second-order valence-electron chi connectivity index (χ2n) is 9.66. The number of methoxy groups -OCH3 is 2. The van der Waals surface area contributed by atoms with Gasteiger partial charge in [0.1, 0.15) is 36.0 Å². The molecule has 1 saturated carbocycles. The van der Waals surface area contributed by atoms with Crippen molar-refractivity contribution >= 4 is 0 Å². The molecule has 1 aromatic carbocycles. The van der Waals surface area contributed by atoms with Gasteiger partial charge in [0.15, 0.2) is 17.3 Å². The Morgan fingerprint density at radius 3 is 2.24 bits per heavy atom. The number of rotatable bonds is 9. The Balaban J connectivity index is 1.46. The van der Waals surface area contributed by atoms with Gasteiger partial charge < -0.3 is 18.8 Å². The van der Waals surface area contributed by atoms with E-state index in [9.17, 15) is 13.2 Å². The maximum absolute atomic E-state index is 15.2. The van der Waals surface area contributed by atoms with Gasteiger partial charge in [0, 0.05) is 18.2 Å². The van der Waals surface area contributed by atoms with Crippen LogP contribution in [0.3, 0.4) is 0 Å². The van der Waals surface area contributed by atoms with E-state index in [-0.39, 0.29) is 41.4 Å². The Morgan fingerprint density at radius 2 is 1.66 bits per heavy atom. The predicted molar refractivity (Wildman–Crippen MR) is 135 cm³/mol. The van der Waals surface area contributed by atoms with E-state index in [1.54, 1.807) is 13.8 Å². The number of halogens is 5. The molecule has 0 N–H and O–H groups in total. The quantitative estimate of drug-likeness (QED) is 0.219. The van der Waals surface area contributed by atoms with Crippen molar-refractivity contribution < 1.29 is 36.2 Å². The topological polar surface area (TPSA) is 97.1 Å². The highest BCUT2D eigenvalue weighted by Crippen LogP contribution is 2.45. The van der Waals surface area contributed by atoms with Gasteiger partial charge in [0.2, 0.25) is 5.88 Å². The maximum Gasteiger partial charge on any atom is 0.434 e. The molecule has 0 spiro atoms. The van der Waals surface area contributed by atoms with Crippen LogP contribution >= 0.6 is 0 Å². The molecule has 0 atom stereocenters. The van der Waals surface area contributed by atoms with E-state index < -0.39 is 40.9 Å². The average Bonchev–Trinajstić information content (AvgIpc) is 3.68. The molecule has 1 aliphatic carbocycles. The molecule has 4 aromatic rings. The van der Waals surface area contributed by atoms with Crippen LogP contribution in [0, 0.1) is 11.6 Å². The molecule has 3 heterocycles. The van der Waals surface area contributed by atoms with Crippen molar-refractivity contribution in [3.05, 3.63) is 59.4 Å². The van der Waals surface area contributed by atoms with Crippen LogP contribution in [0.5, 0.6) is 17.5 Å². The van der Waals surface area contributed by atoms with E-state index in [2.05, 4.69) is 24.9 Å². The zero-order valence-electron chi connectivity index (χ0n) is 22.5. The molecule has 1 aliphatic rings. The number of hydrogen-bond acceptors (Lipinski definition) is 8. The molecule has 41 heavy (non-hydrogen) atoms. The minimum Gasteiger partial charge on any atom is -0.490 e. The molecule has 0 saturated heterocycles. The molecule has 0 amide bonds. The number of hydrogen-bond donors (Lipinski definition) is 0. The van der Waals surface area contributed by atoms with Crippen LogP contribution in [0.1, 0.15) is 55.6 Å². The summed E-state index contributed by atoms with van der Waals surface area (Å²) < 4.78 is 87.8. The first-order valence-electron chi connectivity index (χ1n) is 12.6. The summed E-state index contributed by atoms with van der Waals surface area (Å²) in [6.07, 6.45) is 0.649. The monoisotopic (exact) mass is 576 g/mol. The first kappa shape index (κ1) is 28.2. The van der Waals surface area contributed by atoms with Gasteiger partial charge >= 0.3 is 6.18 Å². The minimum absolute atomic E-state index is 0.0137. The second-order valence-corrected chi connectivity index (χ2v) is 9.66. The maximum atomic E-state index is 15.2. The molecule has 0 radical (unpaired) electrons. The van der Waals surface area contributed by atoms with Crippen molar-refractivity contribution in [1.82, 2.24) is 29.5 Å². The third kappa shape index (κ3) is 5.63. The van der Waals surface area contributed by atoms with Crippen LogP contribution in [-0.2, 0) is 12.8 Å². The summed E-state index contributed by atoms with van der Waals surface area (Å²) >= 11 is 0. The van der Waals surface area contributed by atoms with Crippen LogP contribution in [0.4, 0.5) is 22.0 Å². The lowest BCUT2D eigenvalue weighted by Gasteiger charge is -2.15. The molecule has 216 valence electrons. The predicted octanol–water partition coefficient (Wildman–Crippen LogP) is 6.15. The van der Waals surface area contributed by atoms with Gasteiger partial charge in [-0.15, -0.1) is 0 Å².